The molecule has 0 aliphatic rings. The van der Waals surface area contributed by atoms with Crippen molar-refractivity contribution in [3.63, 3.8) is 0 Å². The molecule has 0 fully saturated rings. The van der Waals surface area contributed by atoms with E-state index in [0.717, 1.165) is 22.5 Å². The predicted molar refractivity (Wildman–Crippen MR) is 96.4 cm³/mol. The van der Waals surface area contributed by atoms with Crippen molar-refractivity contribution in [1.82, 2.24) is 5.32 Å². The number of thiophene rings is 1. The maximum Gasteiger partial charge on any atom is 0.311 e. The SMILES string of the molecule is CCc1ccccc1NC(=O)CNC(=O)COC(=O)Cc1cccs1. The second-order valence-electron chi connectivity index (χ2n) is 5.25. The van der Waals surface area contributed by atoms with E-state index in [2.05, 4.69) is 10.6 Å². The van der Waals surface area contributed by atoms with Gasteiger partial charge < -0.3 is 15.4 Å². The van der Waals surface area contributed by atoms with Gasteiger partial charge in [-0.2, -0.15) is 0 Å². The number of amides is 2. The summed E-state index contributed by atoms with van der Waals surface area (Å²) in [6.07, 6.45) is 0.933. The maximum absolute atomic E-state index is 11.9. The predicted octanol–water partition coefficient (Wildman–Crippen LogP) is 2.15. The summed E-state index contributed by atoms with van der Waals surface area (Å²) in [6.45, 7) is 1.42. The van der Waals surface area contributed by atoms with Gasteiger partial charge in [0.1, 0.15) is 0 Å². The van der Waals surface area contributed by atoms with Crippen LogP contribution in [0.15, 0.2) is 41.8 Å². The van der Waals surface area contributed by atoms with Gasteiger partial charge in [0.05, 0.1) is 13.0 Å². The van der Waals surface area contributed by atoms with E-state index >= 15 is 0 Å². The molecule has 0 saturated carbocycles. The Kier molecular flexibility index (Phi) is 7.16. The van der Waals surface area contributed by atoms with Crippen LogP contribution < -0.4 is 10.6 Å². The van der Waals surface area contributed by atoms with Crippen molar-refractivity contribution in [2.24, 2.45) is 0 Å². The van der Waals surface area contributed by atoms with Crippen molar-refractivity contribution < 1.29 is 19.1 Å². The Bertz CT molecular complexity index is 728. The molecular weight excluding hydrogens is 340 g/mol. The molecule has 1 aromatic heterocycles. The second-order valence-corrected chi connectivity index (χ2v) is 6.28. The summed E-state index contributed by atoms with van der Waals surface area (Å²) in [4.78, 5) is 36.0. The Morgan fingerprint density at radius 3 is 2.60 bits per heavy atom. The molecule has 25 heavy (non-hydrogen) atoms. The van der Waals surface area contributed by atoms with Crippen molar-refractivity contribution in [1.29, 1.82) is 0 Å². The summed E-state index contributed by atoms with van der Waals surface area (Å²) in [5.41, 5.74) is 1.75. The molecule has 0 unspecified atom stereocenters. The highest BCUT2D eigenvalue weighted by Crippen LogP contribution is 2.15. The number of hydrogen-bond acceptors (Lipinski definition) is 5. The number of para-hydroxylation sites is 1. The number of rotatable bonds is 8. The molecule has 6 nitrogen and oxygen atoms in total. The van der Waals surface area contributed by atoms with E-state index in [1.54, 1.807) is 0 Å². The molecule has 1 aromatic carbocycles. The summed E-state index contributed by atoms with van der Waals surface area (Å²) < 4.78 is 4.89. The lowest BCUT2D eigenvalue weighted by Gasteiger charge is -2.10. The lowest BCUT2D eigenvalue weighted by Crippen LogP contribution is -2.35. The lowest BCUT2D eigenvalue weighted by molar-refractivity contribution is -0.147. The van der Waals surface area contributed by atoms with Gasteiger partial charge in [-0.3, -0.25) is 14.4 Å². The summed E-state index contributed by atoms with van der Waals surface area (Å²) in [6, 6.07) is 11.1. The Morgan fingerprint density at radius 1 is 1.08 bits per heavy atom. The molecule has 0 spiro atoms. The smallest absolute Gasteiger partial charge is 0.311 e. The van der Waals surface area contributed by atoms with E-state index < -0.39 is 18.5 Å². The Balaban J connectivity index is 1.68. The summed E-state index contributed by atoms with van der Waals surface area (Å²) in [5, 5.41) is 7.05. The Morgan fingerprint density at radius 2 is 1.88 bits per heavy atom. The van der Waals surface area contributed by atoms with Crippen molar-refractivity contribution in [3.05, 3.63) is 52.2 Å². The number of hydrogen-bond donors (Lipinski definition) is 2. The van der Waals surface area contributed by atoms with Crippen LogP contribution in [-0.4, -0.2) is 30.9 Å². The van der Waals surface area contributed by atoms with Gasteiger partial charge in [-0.25, -0.2) is 0 Å². The molecule has 7 heteroatoms. The third kappa shape index (κ3) is 6.39. The minimum absolute atomic E-state index is 0.138. The first-order chi connectivity index (χ1) is 12.1. The average molecular weight is 360 g/mol. The van der Waals surface area contributed by atoms with Crippen LogP contribution in [-0.2, 0) is 32.0 Å². The van der Waals surface area contributed by atoms with E-state index in [4.69, 9.17) is 4.74 Å². The quantitative estimate of drug-likeness (QED) is 0.707. The van der Waals surface area contributed by atoms with Crippen LogP contribution >= 0.6 is 11.3 Å². The van der Waals surface area contributed by atoms with Crippen molar-refractivity contribution in [3.8, 4) is 0 Å². The molecule has 2 rings (SSSR count). The van der Waals surface area contributed by atoms with E-state index in [1.807, 2.05) is 48.7 Å². The number of carbonyl (C=O) groups excluding carboxylic acids is 3. The van der Waals surface area contributed by atoms with E-state index in [1.165, 1.54) is 11.3 Å². The van der Waals surface area contributed by atoms with Crippen LogP contribution in [0.5, 0.6) is 0 Å². The minimum Gasteiger partial charge on any atom is -0.455 e. The van der Waals surface area contributed by atoms with Gasteiger partial charge >= 0.3 is 5.97 Å². The van der Waals surface area contributed by atoms with Crippen LogP contribution in [0.2, 0.25) is 0 Å². The Hall–Kier alpha value is -2.67. The number of esters is 1. The monoisotopic (exact) mass is 360 g/mol. The van der Waals surface area contributed by atoms with Crippen LogP contribution in [0, 0.1) is 0 Å². The number of nitrogens with one attached hydrogen (secondary N) is 2. The number of ether oxygens (including phenoxy) is 1. The van der Waals surface area contributed by atoms with E-state index in [0.29, 0.717) is 0 Å². The average Bonchev–Trinajstić information content (AvgIpc) is 3.11. The van der Waals surface area contributed by atoms with Gasteiger partial charge in [-0.05, 0) is 29.5 Å². The fourth-order valence-corrected chi connectivity index (χ4v) is 2.82. The number of anilines is 1. The fraction of sp³-hybridized carbons (Fsp3) is 0.278. The van der Waals surface area contributed by atoms with Gasteiger partial charge in [0.25, 0.3) is 5.91 Å². The van der Waals surface area contributed by atoms with Crippen molar-refractivity contribution >= 4 is 34.8 Å². The molecule has 0 bridgehead atoms. The van der Waals surface area contributed by atoms with Gasteiger partial charge in [0, 0.05) is 10.6 Å². The zero-order valence-electron chi connectivity index (χ0n) is 13.9. The standard InChI is InChI=1S/C18H20N2O4S/c1-2-13-6-3-4-8-15(13)20-16(21)11-19-17(22)12-24-18(23)10-14-7-5-9-25-14/h3-9H,2,10-12H2,1H3,(H,19,22)(H,20,21). The first-order valence-corrected chi connectivity index (χ1v) is 8.79. The summed E-state index contributed by atoms with van der Waals surface area (Å²) >= 11 is 1.45. The molecule has 2 amide bonds. The molecule has 2 N–H and O–H groups in total. The van der Waals surface area contributed by atoms with Crippen LogP contribution in [0.3, 0.4) is 0 Å². The molecule has 132 valence electrons. The highest BCUT2D eigenvalue weighted by Gasteiger charge is 2.11. The molecule has 0 aliphatic carbocycles. The van der Waals surface area contributed by atoms with Gasteiger partial charge in [-0.1, -0.05) is 31.2 Å². The molecular formula is C18H20N2O4S. The van der Waals surface area contributed by atoms with Crippen LogP contribution in [0.4, 0.5) is 5.69 Å². The van der Waals surface area contributed by atoms with Crippen molar-refractivity contribution in [2.75, 3.05) is 18.5 Å². The topological polar surface area (TPSA) is 84.5 Å². The molecule has 0 aliphatic heterocycles. The summed E-state index contributed by atoms with van der Waals surface area (Å²) in [7, 11) is 0. The minimum atomic E-state index is -0.515. The van der Waals surface area contributed by atoms with Gasteiger partial charge in [-0.15, -0.1) is 11.3 Å². The second kappa shape index (κ2) is 9.58. The fourth-order valence-electron chi connectivity index (χ4n) is 2.13. The third-order valence-corrected chi connectivity index (χ3v) is 4.26. The van der Waals surface area contributed by atoms with E-state index in [9.17, 15) is 14.4 Å². The molecule has 2 aromatic rings. The van der Waals surface area contributed by atoms with Crippen molar-refractivity contribution in [2.45, 2.75) is 19.8 Å². The summed E-state index contributed by atoms with van der Waals surface area (Å²) in [5.74, 6) is -1.32. The van der Waals surface area contributed by atoms with Crippen LogP contribution in [0.1, 0.15) is 17.4 Å². The Labute approximate surface area is 150 Å². The molecule has 0 atom stereocenters. The van der Waals surface area contributed by atoms with Gasteiger partial charge in [0.15, 0.2) is 6.61 Å². The lowest BCUT2D eigenvalue weighted by atomic mass is 10.1. The molecule has 0 radical (unpaired) electrons. The van der Waals surface area contributed by atoms with Gasteiger partial charge in [0.2, 0.25) is 5.91 Å². The number of benzene rings is 1. The molecule has 0 saturated heterocycles. The highest BCUT2D eigenvalue weighted by molar-refractivity contribution is 7.10. The van der Waals surface area contributed by atoms with Crippen LogP contribution in [0.25, 0.3) is 0 Å². The first kappa shape index (κ1) is 18.7. The number of carbonyl (C=O) groups is 3. The number of aryl methyl sites for hydroxylation is 1. The third-order valence-electron chi connectivity index (χ3n) is 3.38. The highest BCUT2D eigenvalue weighted by atomic mass is 32.1. The zero-order valence-corrected chi connectivity index (χ0v) is 14.7. The van der Waals surface area contributed by atoms with E-state index in [-0.39, 0.29) is 18.9 Å². The normalized spacial score (nSPS) is 10.1. The zero-order chi connectivity index (χ0) is 18.1. The first-order valence-electron chi connectivity index (χ1n) is 7.91. The largest absolute Gasteiger partial charge is 0.455 e. The molecule has 1 heterocycles. The maximum atomic E-state index is 11.9.